The molecule has 1 atom stereocenters. The second kappa shape index (κ2) is 6.83. The highest BCUT2D eigenvalue weighted by atomic mass is 16.6. The van der Waals surface area contributed by atoms with Gasteiger partial charge in [-0.1, -0.05) is 13.8 Å². The van der Waals surface area contributed by atoms with E-state index in [1.807, 2.05) is 13.8 Å². The minimum Gasteiger partial charge on any atom is -0.354 e. The first-order chi connectivity index (χ1) is 9.31. The summed E-state index contributed by atoms with van der Waals surface area (Å²) >= 11 is 0. The maximum atomic E-state index is 11.8. The quantitative estimate of drug-likeness (QED) is 0.612. The van der Waals surface area contributed by atoms with Crippen LogP contribution in [0.15, 0.2) is 12.3 Å². The summed E-state index contributed by atoms with van der Waals surface area (Å²) in [5.74, 6) is 0.237. The molecule has 2 N–H and O–H groups in total. The monoisotopic (exact) mass is 280 g/mol. The molecule has 0 aromatic carbocycles. The van der Waals surface area contributed by atoms with Crippen LogP contribution in [0.1, 0.15) is 26.3 Å². The molecule has 0 aliphatic rings. The first-order valence-corrected chi connectivity index (χ1v) is 6.46. The predicted molar refractivity (Wildman–Crippen MR) is 76.6 cm³/mol. The second-order valence-corrected chi connectivity index (χ2v) is 5.14. The first-order valence-electron chi connectivity index (χ1n) is 6.46. The van der Waals surface area contributed by atoms with Crippen LogP contribution in [0.4, 0.5) is 11.5 Å². The number of nitrogens with one attached hydrogen (secondary N) is 2. The zero-order valence-corrected chi connectivity index (χ0v) is 12.1. The number of nitrogens with zero attached hydrogens (tertiary/aromatic N) is 2. The molecule has 20 heavy (non-hydrogen) atoms. The average Bonchev–Trinajstić information content (AvgIpc) is 2.37. The summed E-state index contributed by atoms with van der Waals surface area (Å²) < 4.78 is 0. The Hall–Kier alpha value is -2.18. The largest absolute Gasteiger partial charge is 0.354 e. The Kier molecular flexibility index (Phi) is 5.42. The normalized spacial score (nSPS) is 12.1. The van der Waals surface area contributed by atoms with Gasteiger partial charge >= 0.3 is 5.69 Å². The van der Waals surface area contributed by atoms with Gasteiger partial charge in [0.2, 0.25) is 11.7 Å². The van der Waals surface area contributed by atoms with Crippen molar-refractivity contribution in [1.82, 2.24) is 10.3 Å². The first kappa shape index (κ1) is 15.9. The number of carbonyl (C=O) groups excluding carboxylic acids is 1. The van der Waals surface area contributed by atoms with E-state index in [1.165, 1.54) is 12.3 Å². The number of aryl methyl sites for hydroxylation is 1. The van der Waals surface area contributed by atoms with Crippen molar-refractivity contribution in [3.05, 3.63) is 27.9 Å². The molecule has 1 amide bonds. The van der Waals surface area contributed by atoms with E-state index >= 15 is 0 Å². The second-order valence-electron chi connectivity index (χ2n) is 5.14. The van der Waals surface area contributed by atoms with Gasteiger partial charge in [0.05, 0.1) is 4.92 Å². The zero-order chi connectivity index (χ0) is 15.3. The van der Waals surface area contributed by atoms with Crippen LogP contribution in [0.25, 0.3) is 0 Å². The van der Waals surface area contributed by atoms with Gasteiger partial charge < -0.3 is 10.6 Å². The molecule has 1 aromatic rings. The third-order valence-corrected chi connectivity index (χ3v) is 2.63. The molecule has 0 bridgehead atoms. The highest BCUT2D eigenvalue weighted by molar-refractivity contribution is 5.84. The Labute approximate surface area is 117 Å². The third kappa shape index (κ3) is 4.49. The van der Waals surface area contributed by atoms with Crippen molar-refractivity contribution in [1.29, 1.82) is 0 Å². The molecule has 0 saturated heterocycles. The smallest absolute Gasteiger partial charge is 0.311 e. The predicted octanol–water partition coefficient (Wildman–Crippen LogP) is 1.87. The molecule has 1 aromatic heterocycles. The summed E-state index contributed by atoms with van der Waals surface area (Å²) in [5.41, 5.74) is 0.563. The van der Waals surface area contributed by atoms with Crippen molar-refractivity contribution in [2.45, 2.75) is 33.7 Å². The van der Waals surface area contributed by atoms with Crippen molar-refractivity contribution in [2.75, 3.05) is 11.9 Å². The van der Waals surface area contributed by atoms with Gasteiger partial charge in [-0.25, -0.2) is 4.98 Å². The molecule has 1 unspecified atom stereocenters. The Bertz CT molecular complexity index is 502. The molecule has 0 spiro atoms. The maximum absolute atomic E-state index is 11.8. The van der Waals surface area contributed by atoms with Gasteiger partial charge in [0, 0.05) is 18.8 Å². The van der Waals surface area contributed by atoms with Crippen molar-refractivity contribution in [2.24, 2.45) is 5.92 Å². The molecule has 0 fully saturated rings. The molecular formula is C13H20N4O3. The molecule has 1 rings (SSSR count). The Balaban J connectivity index is 2.77. The summed E-state index contributed by atoms with van der Waals surface area (Å²) in [6.45, 7) is 7.91. The fourth-order valence-electron chi connectivity index (χ4n) is 1.53. The summed E-state index contributed by atoms with van der Waals surface area (Å²) in [4.78, 5) is 26.3. The van der Waals surface area contributed by atoms with E-state index in [0.29, 0.717) is 18.0 Å². The Morgan fingerprint density at radius 3 is 2.65 bits per heavy atom. The van der Waals surface area contributed by atoms with Crippen LogP contribution in [0.5, 0.6) is 0 Å². The number of aromatic nitrogens is 1. The van der Waals surface area contributed by atoms with E-state index < -0.39 is 11.0 Å². The number of hydrogen-bond donors (Lipinski definition) is 2. The van der Waals surface area contributed by atoms with Crippen molar-refractivity contribution in [3.8, 4) is 0 Å². The van der Waals surface area contributed by atoms with Gasteiger partial charge in [0.15, 0.2) is 0 Å². The minimum absolute atomic E-state index is 0.104. The Morgan fingerprint density at radius 2 is 2.10 bits per heavy atom. The summed E-state index contributed by atoms with van der Waals surface area (Å²) in [6.07, 6.45) is 1.52. The van der Waals surface area contributed by atoms with Crippen LogP contribution in [-0.2, 0) is 4.79 Å². The molecule has 0 aliphatic carbocycles. The van der Waals surface area contributed by atoms with Crippen molar-refractivity contribution < 1.29 is 9.72 Å². The summed E-state index contributed by atoms with van der Waals surface area (Å²) in [6, 6.07) is 0.830. The van der Waals surface area contributed by atoms with E-state index in [-0.39, 0.29) is 17.4 Å². The van der Waals surface area contributed by atoms with E-state index in [4.69, 9.17) is 0 Å². The van der Waals surface area contributed by atoms with Gasteiger partial charge in [-0.3, -0.25) is 14.9 Å². The summed E-state index contributed by atoms with van der Waals surface area (Å²) in [7, 11) is 0. The van der Waals surface area contributed by atoms with Gasteiger partial charge in [-0.15, -0.1) is 0 Å². The number of nitro groups is 1. The number of carbonyl (C=O) groups is 1. The number of amides is 1. The molecule has 1 heterocycles. The number of pyridine rings is 1. The van der Waals surface area contributed by atoms with Crippen LogP contribution < -0.4 is 10.6 Å². The SMILES string of the molecule is Cc1cnc(NC(C)C(=O)NCC(C)C)c([N+](=O)[O-])c1. The van der Waals surface area contributed by atoms with Crippen LogP contribution in [0.2, 0.25) is 0 Å². The van der Waals surface area contributed by atoms with Gasteiger partial charge in [0.1, 0.15) is 6.04 Å². The molecule has 0 saturated carbocycles. The average molecular weight is 280 g/mol. The fourth-order valence-corrected chi connectivity index (χ4v) is 1.53. The zero-order valence-electron chi connectivity index (χ0n) is 12.1. The third-order valence-electron chi connectivity index (χ3n) is 2.63. The van der Waals surface area contributed by atoms with Gasteiger partial charge in [0.25, 0.3) is 0 Å². The molecule has 110 valence electrons. The molecule has 7 heteroatoms. The Morgan fingerprint density at radius 1 is 1.45 bits per heavy atom. The van der Waals surface area contributed by atoms with E-state index in [2.05, 4.69) is 15.6 Å². The lowest BCUT2D eigenvalue weighted by atomic mass is 10.2. The van der Waals surface area contributed by atoms with Crippen LogP contribution >= 0.6 is 0 Å². The van der Waals surface area contributed by atoms with E-state index in [9.17, 15) is 14.9 Å². The van der Waals surface area contributed by atoms with Crippen molar-refractivity contribution >= 4 is 17.4 Å². The number of rotatable bonds is 6. The lowest BCUT2D eigenvalue weighted by Gasteiger charge is -2.15. The molecule has 0 aliphatic heterocycles. The number of hydrogen-bond acceptors (Lipinski definition) is 5. The topological polar surface area (TPSA) is 97.2 Å². The molecule has 0 radical (unpaired) electrons. The van der Waals surface area contributed by atoms with Gasteiger partial charge in [-0.05, 0) is 25.3 Å². The highest BCUT2D eigenvalue weighted by Gasteiger charge is 2.20. The van der Waals surface area contributed by atoms with Crippen LogP contribution in [0.3, 0.4) is 0 Å². The molecular weight excluding hydrogens is 260 g/mol. The van der Waals surface area contributed by atoms with E-state index in [1.54, 1.807) is 13.8 Å². The van der Waals surface area contributed by atoms with Crippen molar-refractivity contribution in [3.63, 3.8) is 0 Å². The maximum Gasteiger partial charge on any atom is 0.311 e. The van der Waals surface area contributed by atoms with Crippen LogP contribution in [-0.4, -0.2) is 28.4 Å². The van der Waals surface area contributed by atoms with Gasteiger partial charge in [-0.2, -0.15) is 0 Å². The lowest BCUT2D eigenvalue weighted by molar-refractivity contribution is -0.384. The van der Waals surface area contributed by atoms with E-state index in [0.717, 1.165) is 0 Å². The number of anilines is 1. The molecule has 7 nitrogen and oxygen atoms in total. The minimum atomic E-state index is -0.595. The fraction of sp³-hybridized carbons (Fsp3) is 0.538. The lowest BCUT2D eigenvalue weighted by Crippen LogP contribution is -2.39. The summed E-state index contributed by atoms with van der Waals surface area (Å²) in [5, 5.41) is 16.5. The highest BCUT2D eigenvalue weighted by Crippen LogP contribution is 2.22. The standard InChI is InChI=1S/C13H20N4O3/c1-8(2)6-15-13(18)10(4)16-12-11(17(19)20)5-9(3)7-14-12/h5,7-8,10H,6H2,1-4H3,(H,14,16)(H,15,18). The van der Waals surface area contributed by atoms with Crippen LogP contribution in [0, 0.1) is 23.0 Å².